The summed E-state index contributed by atoms with van der Waals surface area (Å²) in [7, 11) is 0. The van der Waals surface area contributed by atoms with Crippen LogP contribution in [0, 0.1) is 5.92 Å². The predicted molar refractivity (Wildman–Crippen MR) is 152 cm³/mol. The van der Waals surface area contributed by atoms with E-state index in [0.717, 1.165) is 73.0 Å². The predicted octanol–water partition coefficient (Wildman–Crippen LogP) is 7.32. The Kier molecular flexibility index (Phi) is 7.47. The summed E-state index contributed by atoms with van der Waals surface area (Å²) in [6.07, 6.45) is 14.7. The van der Waals surface area contributed by atoms with Crippen molar-refractivity contribution in [2.45, 2.75) is 121 Å². The lowest BCUT2D eigenvalue weighted by Crippen LogP contribution is -2.59. The average Bonchev–Trinajstić information content (AvgIpc) is 2.91. The number of anilines is 1. The number of ether oxygens (including phenoxy) is 1. The van der Waals surface area contributed by atoms with Crippen LogP contribution in [0.5, 0.6) is 0 Å². The first-order chi connectivity index (χ1) is 18.3. The number of nitrogens with one attached hydrogen (secondary N) is 2. The molecule has 6 rings (SSSR count). The Bertz CT molecular complexity index is 1170. The third-order valence-corrected chi connectivity index (χ3v) is 9.59. The van der Waals surface area contributed by atoms with Gasteiger partial charge in [0.1, 0.15) is 11.7 Å². The van der Waals surface area contributed by atoms with E-state index in [0.29, 0.717) is 24.0 Å². The fourth-order valence-electron chi connectivity index (χ4n) is 6.77. The van der Waals surface area contributed by atoms with Gasteiger partial charge in [-0.1, -0.05) is 37.1 Å². The molecule has 0 unspecified atom stereocenters. The van der Waals surface area contributed by atoms with Crippen molar-refractivity contribution in [1.29, 1.82) is 0 Å². The molecule has 206 valence electrons. The molecular weight excluding hydrogens is 498 g/mol. The largest absolute Gasteiger partial charge is 0.382 e. The molecule has 6 nitrogen and oxygen atoms in total. The molecular formula is C31H42ClN3O3. The molecule has 1 aliphatic heterocycles. The van der Waals surface area contributed by atoms with Crippen LogP contribution in [-0.4, -0.2) is 40.6 Å². The Labute approximate surface area is 231 Å². The smallest absolute Gasteiger partial charge is 0.202 e. The van der Waals surface area contributed by atoms with Crippen molar-refractivity contribution in [3.05, 3.63) is 47.1 Å². The normalized spacial score (nSPS) is 35.8. The molecule has 1 spiro atoms. The van der Waals surface area contributed by atoms with E-state index in [9.17, 15) is 0 Å². The van der Waals surface area contributed by atoms with Crippen LogP contribution < -0.4 is 10.6 Å². The van der Waals surface area contributed by atoms with Crippen molar-refractivity contribution in [1.82, 2.24) is 10.3 Å². The van der Waals surface area contributed by atoms with E-state index < -0.39 is 5.79 Å². The van der Waals surface area contributed by atoms with Gasteiger partial charge < -0.3 is 15.4 Å². The summed E-state index contributed by atoms with van der Waals surface area (Å²) < 4.78 is 6.68. The SMILES string of the molecule is CC(C)C1=C[C@H]2OC3(CCC(NC4CCC(Nc5ccnc6cc(Cl)ccc56)CC4)CC3)OO[C@@]2(C)CC1. The van der Waals surface area contributed by atoms with Crippen LogP contribution in [0.4, 0.5) is 5.69 Å². The Morgan fingerprint density at radius 3 is 2.45 bits per heavy atom. The van der Waals surface area contributed by atoms with Crippen LogP contribution in [0.25, 0.3) is 10.9 Å². The van der Waals surface area contributed by atoms with E-state index in [1.165, 1.54) is 18.4 Å². The molecule has 2 heterocycles. The fraction of sp³-hybridized carbons (Fsp3) is 0.645. The third kappa shape index (κ3) is 5.48. The molecule has 2 aromatic rings. The second-order valence-electron chi connectivity index (χ2n) is 12.5. The number of allylic oxidation sites excluding steroid dienone is 1. The molecule has 7 heteroatoms. The molecule has 0 bridgehead atoms. The van der Waals surface area contributed by atoms with E-state index >= 15 is 0 Å². The van der Waals surface area contributed by atoms with Gasteiger partial charge in [-0.15, -0.1) is 0 Å². The molecule has 1 aromatic heterocycles. The van der Waals surface area contributed by atoms with Crippen LogP contribution in [0.3, 0.4) is 0 Å². The van der Waals surface area contributed by atoms with Crippen molar-refractivity contribution in [3.63, 3.8) is 0 Å². The van der Waals surface area contributed by atoms with E-state index in [-0.39, 0.29) is 11.7 Å². The lowest BCUT2D eigenvalue weighted by molar-refractivity contribution is -0.527. The van der Waals surface area contributed by atoms with Crippen molar-refractivity contribution < 1.29 is 14.5 Å². The number of hydrogen-bond donors (Lipinski definition) is 2. The highest BCUT2D eigenvalue weighted by molar-refractivity contribution is 6.31. The van der Waals surface area contributed by atoms with Crippen LogP contribution in [0.15, 0.2) is 42.1 Å². The van der Waals surface area contributed by atoms with Gasteiger partial charge in [0.25, 0.3) is 0 Å². The number of nitrogens with zero attached hydrogens (tertiary/aromatic N) is 1. The summed E-state index contributed by atoms with van der Waals surface area (Å²) in [4.78, 5) is 16.6. The maximum atomic E-state index is 6.68. The Balaban J connectivity index is 0.988. The van der Waals surface area contributed by atoms with Gasteiger partial charge in [0.2, 0.25) is 5.79 Å². The zero-order valence-corrected chi connectivity index (χ0v) is 23.7. The first-order valence-electron chi connectivity index (χ1n) is 14.6. The summed E-state index contributed by atoms with van der Waals surface area (Å²) in [5, 5.41) is 9.61. The molecule has 2 N–H and O–H groups in total. The number of pyridine rings is 1. The van der Waals surface area contributed by atoms with Gasteiger partial charge in [-0.25, -0.2) is 9.78 Å². The molecule has 2 saturated carbocycles. The number of halogens is 1. The van der Waals surface area contributed by atoms with Gasteiger partial charge in [0, 0.05) is 53.3 Å². The van der Waals surface area contributed by atoms with Gasteiger partial charge in [-0.05, 0) is 88.5 Å². The maximum absolute atomic E-state index is 6.68. The Morgan fingerprint density at radius 2 is 1.68 bits per heavy atom. The lowest BCUT2D eigenvalue weighted by Gasteiger charge is -2.51. The number of benzene rings is 1. The first-order valence-corrected chi connectivity index (χ1v) is 15.0. The van der Waals surface area contributed by atoms with Gasteiger partial charge >= 0.3 is 0 Å². The van der Waals surface area contributed by atoms with Crippen LogP contribution in [0.1, 0.15) is 85.0 Å². The van der Waals surface area contributed by atoms with Crippen LogP contribution >= 0.6 is 11.6 Å². The molecule has 0 amide bonds. The summed E-state index contributed by atoms with van der Waals surface area (Å²) in [5.74, 6) is -0.0486. The van der Waals surface area contributed by atoms with Crippen LogP contribution in [0.2, 0.25) is 5.02 Å². The van der Waals surface area contributed by atoms with Gasteiger partial charge in [-0.2, -0.15) is 0 Å². The van der Waals surface area contributed by atoms with Crippen LogP contribution in [-0.2, 0) is 14.5 Å². The quantitative estimate of drug-likeness (QED) is 0.306. The molecule has 1 saturated heterocycles. The fourth-order valence-corrected chi connectivity index (χ4v) is 6.94. The number of hydrogen-bond acceptors (Lipinski definition) is 6. The number of fused-ring (bicyclic) bond motifs is 2. The first kappa shape index (κ1) is 26.5. The topological polar surface area (TPSA) is 64.6 Å². The lowest BCUT2D eigenvalue weighted by atomic mass is 9.80. The minimum Gasteiger partial charge on any atom is -0.382 e. The average molecular weight is 540 g/mol. The highest BCUT2D eigenvalue weighted by Crippen LogP contribution is 2.46. The Hall–Kier alpha value is -1.70. The molecule has 2 atom stereocenters. The second kappa shape index (κ2) is 10.7. The van der Waals surface area contributed by atoms with Crippen molar-refractivity contribution >= 4 is 28.2 Å². The second-order valence-corrected chi connectivity index (χ2v) is 12.9. The molecule has 4 aliphatic rings. The summed E-state index contributed by atoms with van der Waals surface area (Å²) in [6.45, 7) is 6.66. The molecule has 3 fully saturated rings. The van der Waals surface area contributed by atoms with Gasteiger partial charge in [0.05, 0.1) is 5.52 Å². The standard InChI is InChI=1S/C31H42ClN3O3/c1-20(2)21-10-14-30(3)29(18-21)36-31(38-37-30)15-11-25(12-16-31)34-23-5-7-24(8-6-23)35-27-13-17-33-28-19-22(32)4-9-26(27)28/h4,9,13,17-20,23-25,29,34H,5-8,10-12,14-16H2,1-3H3,(H,33,35)/t23?,24?,25?,29-,30+,31?/m1/s1. The van der Waals surface area contributed by atoms with Gasteiger partial charge in [0.15, 0.2) is 0 Å². The zero-order chi connectivity index (χ0) is 26.3. The van der Waals surface area contributed by atoms with Crippen molar-refractivity contribution in [2.75, 3.05) is 5.32 Å². The van der Waals surface area contributed by atoms with E-state index in [1.807, 2.05) is 18.3 Å². The van der Waals surface area contributed by atoms with E-state index in [1.54, 1.807) is 0 Å². The molecule has 0 radical (unpaired) electrons. The summed E-state index contributed by atoms with van der Waals surface area (Å²) in [5.41, 5.74) is 3.20. The minimum absolute atomic E-state index is 0.0239. The third-order valence-electron chi connectivity index (χ3n) is 9.36. The summed E-state index contributed by atoms with van der Waals surface area (Å²) in [6, 6.07) is 9.58. The zero-order valence-electron chi connectivity index (χ0n) is 23.0. The maximum Gasteiger partial charge on any atom is 0.202 e. The van der Waals surface area contributed by atoms with Crippen molar-refractivity contribution in [2.24, 2.45) is 5.92 Å². The monoisotopic (exact) mass is 539 g/mol. The number of rotatable bonds is 5. The van der Waals surface area contributed by atoms with E-state index in [4.69, 9.17) is 26.1 Å². The summed E-state index contributed by atoms with van der Waals surface area (Å²) >= 11 is 6.16. The number of aromatic nitrogens is 1. The van der Waals surface area contributed by atoms with E-state index in [2.05, 4.69) is 54.6 Å². The highest BCUT2D eigenvalue weighted by Gasteiger charge is 2.52. The van der Waals surface area contributed by atoms with Gasteiger partial charge in [-0.3, -0.25) is 4.98 Å². The highest BCUT2D eigenvalue weighted by atomic mass is 35.5. The molecule has 38 heavy (non-hydrogen) atoms. The Morgan fingerprint density at radius 1 is 0.947 bits per heavy atom. The molecule has 3 aliphatic carbocycles. The molecule has 1 aromatic carbocycles. The van der Waals surface area contributed by atoms with Crippen molar-refractivity contribution in [3.8, 4) is 0 Å². The minimum atomic E-state index is -0.600.